The van der Waals surface area contributed by atoms with Crippen molar-refractivity contribution in [3.63, 3.8) is 0 Å². The van der Waals surface area contributed by atoms with E-state index < -0.39 is 47.4 Å². The molecule has 0 radical (unpaired) electrons. The summed E-state index contributed by atoms with van der Waals surface area (Å²) in [4.78, 5) is -0.0406. The molecule has 1 aliphatic rings. The van der Waals surface area contributed by atoms with Gasteiger partial charge in [-0.25, -0.2) is 0 Å². The molecule has 1 fully saturated rings. The Hall–Kier alpha value is -1.07. The highest BCUT2D eigenvalue weighted by molar-refractivity contribution is 7.86. The van der Waals surface area contributed by atoms with Crippen molar-refractivity contribution in [2.75, 3.05) is 6.61 Å². The molecule has 0 amide bonds. The van der Waals surface area contributed by atoms with E-state index >= 15 is 0 Å². The first-order valence-corrected chi connectivity index (χ1v) is 8.04. The average Bonchev–Trinajstić information content (AvgIpc) is 2.48. The molecule has 0 bridgehead atoms. The van der Waals surface area contributed by atoms with Gasteiger partial charge in [0, 0.05) is 0 Å². The number of nitrogens with two attached hydrogens (primary N) is 1. The van der Waals surface area contributed by atoms with Gasteiger partial charge in [0.05, 0.1) is 17.5 Å². The normalized spacial score (nSPS) is 32.9. The second-order valence-corrected chi connectivity index (χ2v) is 6.79. The van der Waals surface area contributed by atoms with Gasteiger partial charge in [0.1, 0.15) is 18.3 Å². The lowest BCUT2D eigenvalue weighted by Crippen LogP contribution is -2.62. The molecule has 5 N–H and O–H groups in total. The number of hydrogen-bond donors (Lipinski definition) is 4. The Labute approximate surface area is 128 Å². The summed E-state index contributed by atoms with van der Waals surface area (Å²) in [6.45, 7) is 1.26. The predicted octanol–water partition coefficient (Wildman–Crippen LogP) is -1.53. The van der Waals surface area contributed by atoms with Crippen LogP contribution in [0.25, 0.3) is 0 Å². The van der Waals surface area contributed by atoms with Crippen LogP contribution in [0.4, 0.5) is 0 Å². The third kappa shape index (κ3) is 3.63. The molecule has 22 heavy (non-hydrogen) atoms. The van der Waals surface area contributed by atoms with Crippen LogP contribution in [0.2, 0.25) is 0 Å². The largest absolute Gasteiger partial charge is 0.388 e. The topological polar surface area (TPSA) is 139 Å². The predicted molar refractivity (Wildman–Crippen MR) is 75.2 cm³/mol. The highest BCUT2D eigenvalue weighted by Gasteiger charge is 2.42. The van der Waals surface area contributed by atoms with Gasteiger partial charge in [0.25, 0.3) is 10.1 Å². The van der Waals surface area contributed by atoms with Gasteiger partial charge in [0.15, 0.2) is 6.29 Å². The van der Waals surface area contributed by atoms with Crippen molar-refractivity contribution < 1.29 is 32.7 Å². The molecule has 1 aromatic carbocycles. The zero-order chi connectivity index (χ0) is 16.5. The van der Waals surface area contributed by atoms with Crippen LogP contribution in [0.5, 0.6) is 0 Å². The van der Waals surface area contributed by atoms with Crippen LogP contribution < -0.4 is 5.73 Å². The van der Waals surface area contributed by atoms with Crippen LogP contribution in [0.1, 0.15) is 5.56 Å². The molecule has 1 aromatic rings. The summed E-state index contributed by atoms with van der Waals surface area (Å²) < 4.78 is 33.8. The van der Waals surface area contributed by atoms with Gasteiger partial charge >= 0.3 is 0 Å². The monoisotopic (exact) mass is 333 g/mol. The molecule has 9 heteroatoms. The lowest BCUT2D eigenvalue weighted by molar-refractivity contribution is -0.246. The fraction of sp³-hybridized carbons (Fsp3) is 0.538. The summed E-state index contributed by atoms with van der Waals surface area (Å²) in [5, 5.41) is 28.9. The van der Waals surface area contributed by atoms with E-state index in [-0.39, 0.29) is 4.90 Å². The molecular weight excluding hydrogens is 314 g/mol. The van der Waals surface area contributed by atoms with E-state index in [0.717, 1.165) is 5.56 Å². The Bertz CT molecular complexity index is 603. The highest BCUT2D eigenvalue weighted by Crippen LogP contribution is 2.21. The van der Waals surface area contributed by atoms with Crippen molar-refractivity contribution in [3.05, 3.63) is 29.8 Å². The zero-order valence-electron chi connectivity index (χ0n) is 11.9. The smallest absolute Gasteiger partial charge is 0.297 e. The Morgan fingerprint density at radius 3 is 2.36 bits per heavy atom. The van der Waals surface area contributed by atoms with Crippen LogP contribution in [0, 0.1) is 6.92 Å². The van der Waals surface area contributed by atoms with E-state index in [1.165, 1.54) is 12.1 Å². The van der Waals surface area contributed by atoms with Gasteiger partial charge in [-0.1, -0.05) is 17.7 Å². The Balaban J connectivity index is 2.04. The van der Waals surface area contributed by atoms with Gasteiger partial charge in [-0.05, 0) is 19.1 Å². The van der Waals surface area contributed by atoms with Crippen LogP contribution in [0.3, 0.4) is 0 Å². The number of hydrogen-bond acceptors (Lipinski definition) is 8. The van der Waals surface area contributed by atoms with E-state index in [2.05, 4.69) is 0 Å². The molecular formula is C13H19NO7S. The summed E-state index contributed by atoms with van der Waals surface area (Å²) in [6, 6.07) is 4.84. The molecule has 0 spiro atoms. The average molecular weight is 333 g/mol. The molecule has 1 heterocycles. The Morgan fingerprint density at radius 2 is 1.77 bits per heavy atom. The fourth-order valence-electron chi connectivity index (χ4n) is 2.03. The third-order valence-corrected chi connectivity index (χ3v) is 4.76. The van der Waals surface area contributed by atoms with Gasteiger partial charge in [-0.3, -0.25) is 4.18 Å². The Morgan fingerprint density at radius 1 is 1.18 bits per heavy atom. The van der Waals surface area contributed by atoms with Crippen molar-refractivity contribution in [1.29, 1.82) is 0 Å². The van der Waals surface area contributed by atoms with Crippen LogP contribution in [0.15, 0.2) is 29.2 Å². The zero-order valence-corrected chi connectivity index (χ0v) is 12.7. The molecule has 8 nitrogen and oxygen atoms in total. The van der Waals surface area contributed by atoms with Crippen molar-refractivity contribution in [2.24, 2.45) is 5.73 Å². The second-order valence-electron chi connectivity index (χ2n) is 5.18. The maximum absolute atomic E-state index is 12.0. The van der Waals surface area contributed by atoms with E-state index in [0.29, 0.717) is 0 Å². The molecule has 124 valence electrons. The molecule has 0 saturated carbocycles. The second kappa shape index (κ2) is 6.59. The quantitative estimate of drug-likeness (QED) is 0.487. The van der Waals surface area contributed by atoms with Crippen molar-refractivity contribution in [3.8, 4) is 0 Å². The molecule has 1 aliphatic heterocycles. The third-order valence-electron chi connectivity index (χ3n) is 3.47. The minimum Gasteiger partial charge on any atom is -0.388 e. The van der Waals surface area contributed by atoms with E-state index in [1.54, 1.807) is 12.1 Å². The highest BCUT2D eigenvalue weighted by atomic mass is 32.2. The number of rotatable bonds is 4. The first-order chi connectivity index (χ1) is 10.2. The fourth-order valence-corrected chi connectivity index (χ4v) is 2.95. The minimum absolute atomic E-state index is 0.0406. The van der Waals surface area contributed by atoms with Gasteiger partial charge in [-0.15, -0.1) is 0 Å². The van der Waals surface area contributed by atoms with Gasteiger partial charge in [-0.2, -0.15) is 8.42 Å². The first-order valence-electron chi connectivity index (χ1n) is 6.64. The number of benzene rings is 1. The van der Waals surface area contributed by atoms with Gasteiger partial charge < -0.3 is 25.8 Å². The summed E-state index contributed by atoms with van der Waals surface area (Å²) in [5.74, 6) is 0. The van der Waals surface area contributed by atoms with Gasteiger partial charge in [0.2, 0.25) is 0 Å². The maximum atomic E-state index is 12.0. The number of aliphatic hydroxyl groups is 3. The summed E-state index contributed by atoms with van der Waals surface area (Å²) >= 11 is 0. The van der Waals surface area contributed by atoms with E-state index in [1.807, 2.05) is 6.92 Å². The lowest BCUT2D eigenvalue weighted by atomic mass is 9.98. The van der Waals surface area contributed by atoms with E-state index in [4.69, 9.17) is 14.7 Å². The molecule has 2 rings (SSSR count). The standard InChI is InChI=1S/C13H19NO7S/c1-7-2-4-8(5-3-7)22(18,19)20-6-9-11(15)12(16)10(14)13(17)21-9/h2-5,9-13,15-17H,6,14H2,1H3/t9-,10+,11+,12-,13-/m1/s1. The number of aryl methyl sites for hydroxylation is 1. The van der Waals surface area contributed by atoms with E-state index in [9.17, 15) is 23.7 Å². The lowest BCUT2D eigenvalue weighted by Gasteiger charge is -2.38. The first kappa shape index (κ1) is 17.3. The number of ether oxygens (including phenoxy) is 1. The molecule has 1 saturated heterocycles. The molecule has 0 aliphatic carbocycles. The summed E-state index contributed by atoms with van der Waals surface area (Å²) in [7, 11) is -4.03. The Kier molecular flexibility index (Phi) is 5.17. The van der Waals surface area contributed by atoms with Crippen molar-refractivity contribution >= 4 is 10.1 Å². The van der Waals surface area contributed by atoms with Crippen molar-refractivity contribution in [1.82, 2.24) is 0 Å². The SMILES string of the molecule is Cc1ccc(S(=O)(=O)OC[C@H]2O[C@@H](O)[C@@H](N)[C@@H](O)[C@H]2O)cc1. The molecule has 0 aromatic heterocycles. The number of aliphatic hydroxyl groups excluding tert-OH is 3. The van der Waals surface area contributed by atoms with Crippen LogP contribution in [-0.2, 0) is 19.0 Å². The summed E-state index contributed by atoms with van der Waals surface area (Å²) in [6.07, 6.45) is -5.65. The van der Waals surface area contributed by atoms with Crippen LogP contribution in [-0.4, -0.2) is 61.0 Å². The maximum Gasteiger partial charge on any atom is 0.297 e. The van der Waals surface area contributed by atoms with Crippen LogP contribution >= 0.6 is 0 Å². The minimum atomic E-state index is -4.03. The molecule has 5 atom stereocenters. The summed E-state index contributed by atoms with van der Waals surface area (Å²) in [5.41, 5.74) is 6.31. The molecule has 0 unspecified atom stereocenters. The van der Waals surface area contributed by atoms with Crippen molar-refractivity contribution in [2.45, 2.75) is 42.5 Å².